The molecule has 2 unspecified atom stereocenters. The molecule has 0 bridgehead atoms. The third-order valence-corrected chi connectivity index (χ3v) is 3.50. The van der Waals surface area contributed by atoms with Gasteiger partial charge in [-0.2, -0.15) is 0 Å². The van der Waals surface area contributed by atoms with E-state index in [0.29, 0.717) is 18.0 Å². The largest absolute Gasteiger partial charge is 0.481 e. The quantitative estimate of drug-likeness (QED) is 0.886. The highest BCUT2D eigenvalue weighted by Gasteiger charge is 2.38. The van der Waals surface area contributed by atoms with Crippen molar-refractivity contribution < 1.29 is 14.7 Å². The molecule has 0 radical (unpaired) electrons. The van der Waals surface area contributed by atoms with Gasteiger partial charge in [0.2, 0.25) is 0 Å². The van der Waals surface area contributed by atoms with E-state index in [1.54, 1.807) is 24.0 Å². The number of hydrogen-bond acceptors (Lipinski definition) is 3. The first-order valence-electron chi connectivity index (χ1n) is 5.66. The van der Waals surface area contributed by atoms with Crippen LogP contribution in [0, 0.1) is 5.92 Å². The average Bonchev–Trinajstić information content (AvgIpc) is 2.71. The minimum Gasteiger partial charge on any atom is -0.481 e. The van der Waals surface area contributed by atoms with Crippen molar-refractivity contribution in [3.05, 3.63) is 29.0 Å². The monoisotopic (exact) mass is 268 g/mol. The number of likely N-dealkylation sites (tertiary alicyclic amines) is 1. The average molecular weight is 269 g/mol. The van der Waals surface area contributed by atoms with Crippen molar-refractivity contribution in [3.8, 4) is 0 Å². The number of carboxylic acids is 1. The predicted octanol–water partition coefficient (Wildman–Crippen LogP) is 1.67. The van der Waals surface area contributed by atoms with Crippen LogP contribution in [-0.4, -0.2) is 39.5 Å². The van der Waals surface area contributed by atoms with Crippen molar-refractivity contribution in [3.63, 3.8) is 0 Å². The molecule has 1 fully saturated rings. The standard InChI is InChI=1S/C12H13ClN2O3/c1-7-9(12(17)18)4-5-15(7)11(16)10-3-2-8(13)6-14-10/h2-3,6-7,9H,4-5H2,1H3,(H,17,18). The molecule has 0 saturated carbocycles. The molecule has 5 nitrogen and oxygen atoms in total. The minimum atomic E-state index is -0.859. The Balaban J connectivity index is 2.15. The number of aliphatic carboxylic acids is 1. The molecule has 2 atom stereocenters. The second-order valence-electron chi connectivity index (χ2n) is 4.33. The lowest BCUT2D eigenvalue weighted by atomic mass is 10.0. The first kappa shape index (κ1) is 12.8. The Morgan fingerprint density at radius 2 is 2.22 bits per heavy atom. The van der Waals surface area contributed by atoms with Gasteiger partial charge in [-0.15, -0.1) is 0 Å². The highest BCUT2D eigenvalue weighted by atomic mass is 35.5. The third-order valence-electron chi connectivity index (χ3n) is 3.28. The van der Waals surface area contributed by atoms with Gasteiger partial charge in [-0.1, -0.05) is 11.6 Å². The summed E-state index contributed by atoms with van der Waals surface area (Å²) in [6.45, 7) is 2.20. The van der Waals surface area contributed by atoms with Gasteiger partial charge in [-0.3, -0.25) is 9.59 Å². The first-order valence-corrected chi connectivity index (χ1v) is 6.04. The fraction of sp³-hybridized carbons (Fsp3) is 0.417. The lowest BCUT2D eigenvalue weighted by Gasteiger charge is -2.22. The maximum absolute atomic E-state index is 12.2. The van der Waals surface area contributed by atoms with Gasteiger partial charge in [-0.25, -0.2) is 4.98 Å². The number of aromatic nitrogens is 1. The lowest BCUT2D eigenvalue weighted by molar-refractivity contribution is -0.142. The summed E-state index contributed by atoms with van der Waals surface area (Å²) >= 11 is 5.70. The highest BCUT2D eigenvalue weighted by Crippen LogP contribution is 2.25. The number of hydrogen-bond donors (Lipinski definition) is 1. The molecule has 1 aliphatic rings. The van der Waals surface area contributed by atoms with E-state index in [-0.39, 0.29) is 17.6 Å². The zero-order valence-corrected chi connectivity index (χ0v) is 10.6. The van der Waals surface area contributed by atoms with Gasteiger partial charge in [0.1, 0.15) is 5.69 Å². The summed E-state index contributed by atoms with van der Waals surface area (Å²) in [6, 6.07) is 2.83. The Labute approximate surface area is 109 Å². The maximum atomic E-state index is 12.2. The van der Waals surface area contributed by atoms with Crippen LogP contribution in [0.3, 0.4) is 0 Å². The van der Waals surface area contributed by atoms with Crippen LogP contribution in [0.15, 0.2) is 18.3 Å². The van der Waals surface area contributed by atoms with E-state index in [0.717, 1.165) is 0 Å². The zero-order chi connectivity index (χ0) is 13.3. The van der Waals surface area contributed by atoms with Gasteiger partial charge in [0.05, 0.1) is 10.9 Å². The van der Waals surface area contributed by atoms with Gasteiger partial charge in [0.15, 0.2) is 0 Å². The normalized spacial score (nSPS) is 23.1. The Kier molecular flexibility index (Phi) is 3.52. The number of amides is 1. The van der Waals surface area contributed by atoms with Gasteiger partial charge >= 0.3 is 5.97 Å². The molecule has 2 heterocycles. The molecular weight excluding hydrogens is 256 g/mol. The summed E-state index contributed by atoms with van der Waals surface area (Å²) in [5, 5.41) is 9.48. The van der Waals surface area contributed by atoms with E-state index in [2.05, 4.69) is 4.98 Å². The summed E-state index contributed by atoms with van der Waals surface area (Å²) in [7, 11) is 0. The van der Waals surface area contributed by atoms with Crippen molar-refractivity contribution >= 4 is 23.5 Å². The molecule has 1 aliphatic heterocycles. The molecule has 1 aromatic heterocycles. The molecule has 1 amide bonds. The maximum Gasteiger partial charge on any atom is 0.308 e. The van der Waals surface area contributed by atoms with Crippen LogP contribution in [0.2, 0.25) is 5.02 Å². The number of halogens is 1. The van der Waals surface area contributed by atoms with E-state index in [9.17, 15) is 9.59 Å². The fourth-order valence-electron chi connectivity index (χ4n) is 2.21. The molecule has 1 aromatic rings. The smallest absolute Gasteiger partial charge is 0.308 e. The van der Waals surface area contributed by atoms with Crippen LogP contribution < -0.4 is 0 Å². The summed E-state index contributed by atoms with van der Waals surface area (Å²) < 4.78 is 0. The Morgan fingerprint density at radius 1 is 1.50 bits per heavy atom. The summed E-state index contributed by atoms with van der Waals surface area (Å²) in [5.74, 6) is -1.61. The Morgan fingerprint density at radius 3 is 2.72 bits per heavy atom. The van der Waals surface area contributed by atoms with Crippen molar-refractivity contribution in [1.29, 1.82) is 0 Å². The Bertz CT molecular complexity index is 475. The number of rotatable bonds is 2. The molecule has 6 heteroatoms. The van der Waals surface area contributed by atoms with E-state index in [4.69, 9.17) is 16.7 Å². The van der Waals surface area contributed by atoms with E-state index >= 15 is 0 Å². The van der Waals surface area contributed by atoms with Gasteiger partial charge in [0, 0.05) is 18.8 Å². The predicted molar refractivity (Wildman–Crippen MR) is 65.5 cm³/mol. The van der Waals surface area contributed by atoms with Crippen LogP contribution in [0.4, 0.5) is 0 Å². The number of pyridine rings is 1. The SMILES string of the molecule is CC1C(C(=O)O)CCN1C(=O)c1ccc(Cl)cn1. The van der Waals surface area contributed by atoms with Gasteiger partial charge < -0.3 is 10.0 Å². The van der Waals surface area contributed by atoms with Gasteiger partial charge in [-0.05, 0) is 25.5 Å². The van der Waals surface area contributed by atoms with Crippen molar-refractivity contribution in [1.82, 2.24) is 9.88 Å². The van der Waals surface area contributed by atoms with E-state index in [1.807, 2.05) is 0 Å². The molecule has 0 aromatic carbocycles. The summed E-state index contributed by atoms with van der Waals surface area (Å²) in [5.41, 5.74) is 0.289. The van der Waals surface area contributed by atoms with Crippen LogP contribution >= 0.6 is 11.6 Å². The van der Waals surface area contributed by atoms with Crippen LogP contribution in [0.5, 0.6) is 0 Å². The molecule has 0 aliphatic carbocycles. The fourth-order valence-corrected chi connectivity index (χ4v) is 2.32. The zero-order valence-electron chi connectivity index (χ0n) is 9.84. The molecule has 96 valence electrons. The molecule has 1 saturated heterocycles. The van der Waals surface area contributed by atoms with Crippen molar-refractivity contribution in [2.45, 2.75) is 19.4 Å². The highest BCUT2D eigenvalue weighted by molar-refractivity contribution is 6.30. The summed E-state index contributed by atoms with van der Waals surface area (Å²) in [4.78, 5) is 28.7. The van der Waals surface area contributed by atoms with Crippen LogP contribution in [0.1, 0.15) is 23.8 Å². The molecule has 1 N–H and O–H groups in total. The molecule has 2 rings (SSSR count). The lowest BCUT2D eigenvalue weighted by Crippen LogP contribution is -2.38. The van der Waals surface area contributed by atoms with Crippen LogP contribution in [0.25, 0.3) is 0 Å². The van der Waals surface area contributed by atoms with E-state index in [1.165, 1.54) is 6.20 Å². The molecule has 18 heavy (non-hydrogen) atoms. The molecular formula is C12H13ClN2O3. The number of nitrogens with zero attached hydrogens (tertiary/aromatic N) is 2. The van der Waals surface area contributed by atoms with Crippen LogP contribution in [-0.2, 0) is 4.79 Å². The third kappa shape index (κ3) is 2.31. The number of carbonyl (C=O) groups is 2. The second-order valence-corrected chi connectivity index (χ2v) is 4.77. The molecule has 0 spiro atoms. The Hall–Kier alpha value is -1.62. The number of carbonyl (C=O) groups excluding carboxylic acids is 1. The van der Waals surface area contributed by atoms with Crippen molar-refractivity contribution in [2.75, 3.05) is 6.54 Å². The second kappa shape index (κ2) is 4.94. The topological polar surface area (TPSA) is 70.5 Å². The van der Waals surface area contributed by atoms with Gasteiger partial charge in [0.25, 0.3) is 5.91 Å². The minimum absolute atomic E-state index is 0.247. The first-order chi connectivity index (χ1) is 8.50. The summed E-state index contributed by atoms with van der Waals surface area (Å²) in [6.07, 6.45) is 1.89. The van der Waals surface area contributed by atoms with Crippen molar-refractivity contribution in [2.24, 2.45) is 5.92 Å². The number of carboxylic acid groups (broad SMARTS) is 1. The van der Waals surface area contributed by atoms with E-state index < -0.39 is 11.9 Å².